The minimum Gasteiger partial charge on any atom is -0.326 e. The third-order valence-corrected chi connectivity index (χ3v) is 4.83. The molecule has 0 aliphatic rings. The van der Waals surface area contributed by atoms with Gasteiger partial charge in [0.05, 0.1) is 10.6 Å². The van der Waals surface area contributed by atoms with Gasteiger partial charge in [0, 0.05) is 32.8 Å². The van der Waals surface area contributed by atoms with Crippen molar-refractivity contribution < 1.29 is 8.42 Å². The molecule has 0 aliphatic heterocycles. The fourth-order valence-corrected chi connectivity index (χ4v) is 3.38. The van der Waals surface area contributed by atoms with E-state index in [1.165, 1.54) is 0 Å². The van der Waals surface area contributed by atoms with Crippen molar-refractivity contribution in [2.75, 3.05) is 6.54 Å². The fraction of sp³-hybridized carbons (Fsp3) is 0.357. The maximum atomic E-state index is 12.3. The molecule has 0 unspecified atom stereocenters. The number of nitrogens with zero attached hydrogens (tertiary/aromatic N) is 2. The Kier molecular flexibility index (Phi) is 4.76. The third-order valence-electron chi connectivity index (χ3n) is 3.21. The Hall–Kier alpha value is -1.70. The van der Waals surface area contributed by atoms with Crippen molar-refractivity contribution >= 4 is 10.0 Å². The predicted molar refractivity (Wildman–Crippen MR) is 81.2 cm³/mol. The van der Waals surface area contributed by atoms with E-state index in [1.807, 2.05) is 19.3 Å². The van der Waals surface area contributed by atoms with Crippen molar-refractivity contribution in [3.05, 3.63) is 47.3 Å². The highest BCUT2D eigenvalue weighted by atomic mass is 32.2. The quantitative estimate of drug-likeness (QED) is 0.822. The summed E-state index contributed by atoms with van der Waals surface area (Å²) < 4.78 is 28.9. The predicted octanol–water partition coefficient (Wildman–Crippen LogP) is 0.708. The van der Waals surface area contributed by atoms with Crippen LogP contribution in [0.4, 0.5) is 0 Å². The summed E-state index contributed by atoms with van der Waals surface area (Å²) in [5.41, 5.74) is 8.02. The van der Waals surface area contributed by atoms with Gasteiger partial charge in [0.2, 0.25) is 10.0 Å². The third kappa shape index (κ3) is 3.90. The second kappa shape index (κ2) is 6.38. The van der Waals surface area contributed by atoms with Crippen LogP contribution in [0.25, 0.3) is 0 Å². The number of nitrogens with two attached hydrogens (primary N) is 1. The van der Waals surface area contributed by atoms with E-state index in [-0.39, 0.29) is 0 Å². The molecule has 1 aromatic heterocycles. The van der Waals surface area contributed by atoms with Crippen molar-refractivity contribution in [3.8, 4) is 0 Å². The Morgan fingerprint density at radius 2 is 2.10 bits per heavy atom. The van der Waals surface area contributed by atoms with Crippen LogP contribution in [0.3, 0.4) is 0 Å². The lowest BCUT2D eigenvalue weighted by atomic mass is 10.1. The molecule has 0 bridgehead atoms. The van der Waals surface area contributed by atoms with E-state index in [2.05, 4.69) is 9.82 Å². The van der Waals surface area contributed by atoms with Gasteiger partial charge >= 0.3 is 0 Å². The SMILES string of the molecule is Cc1cc(CN)ccc1S(=O)(=O)NCCc1ccn(C)n1. The molecule has 0 amide bonds. The number of hydrogen-bond acceptors (Lipinski definition) is 4. The zero-order valence-electron chi connectivity index (χ0n) is 12.2. The van der Waals surface area contributed by atoms with E-state index >= 15 is 0 Å². The number of aromatic nitrogens is 2. The summed E-state index contributed by atoms with van der Waals surface area (Å²) in [5, 5.41) is 4.21. The molecule has 0 saturated heterocycles. The zero-order chi connectivity index (χ0) is 15.5. The summed E-state index contributed by atoms with van der Waals surface area (Å²) in [6.07, 6.45) is 2.39. The van der Waals surface area contributed by atoms with Gasteiger partial charge < -0.3 is 5.73 Å². The van der Waals surface area contributed by atoms with E-state index in [9.17, 15) is 8.42 Å². The number of sulfonamides is 1. The van der Waals surface area contributed by atoms with Gasteiger partial charge in [0.15, 0.2) is 0 Å². The average Bonchev–Trinajstić information content (AvgIpc) is 2.83. The molecule has 0 atom stereocenters. The number of hydrogen-bond donors (Lipinski definition) is 2. The first-order valence-electron chi connectivity index (χ1n) is 6.70. The van der Waals surface area contributed by atoms with Gasteiger partial charge in [0.1, 0.15) is 0 Å². The molecule has 114 valence electrons. The maximum absolute atomic E-state index is 12.3. The molecule has 1 heterocycles. The van der Waals surface area contributed by atoms with Crippen LogP contribution in [0.2, 0.25) is 0 Å². The first-order chi connectivity index (χ1) is 9.92. The van der Waals surface area contributed by atoms with Crippen molar-refractivity contribution in [1.29, 1.82) is 0 Å². The monoisotopic (exact) mass is 308 g/mol. The van der Waals surface area contributed by atoms with E-state index in [0.29, 0.717) is 30.0 Å². The van der Waals surface area contributed by atoms with Crippen molar-refractivity contribution in [1.82, 2.24) is 14.5 Å². The first-order valence-corrected chi connectivity index (χ1v) is 8.18. The standard InChI is InChI=1S/C14H20N4O2S/c1-11-9-12(10-15)3-4-14(11)21(19,20)16-7-5-13-6-8-18(2)17-13/h3-4,6,8-9,16H,5,7,10,15H2,1-2H3. The highest BCUT2D eigenvalue weighted by Crippen LogP contribution is 2.16. The second-order valence-corrected chi connectivity index (χ2v) is 6.67. The maximum Gasteiger partial charge on any atom is 0.240 e. The molecule has 2 rings (SSSR count). The molecule has 2 aromatic rings. The highest BCUT2D eigenvalue weighted by molar-refractivity contribution is 7.89. The number of nitrogens with one attached hydrogen (secondary N) is 1. The molecule has 1 aromatic carbocycles. The van der Waals surface area contributed by atoms with E-state index in [4.69, 9.17) is 5.73 Å². The zero-order valence-corrected chi connectivity index (χ0v) is 13.0. The number of benzene rings is 1. The van der Waals surface area contributed by atoms with Crippen LogP contribution in [0.15, 0.2) is 35.4 Å². The Morgan fingerprint density at radius 3 is 2.67 bits per heavy atom. The van der Waals surface area contributed by atoms with E-state index in [1.54, 1.807) is 29.8 Å². The average molecular weight is 308 g/mol. The minimum absolute atomic E-state index is 0.292. The summed E-state index contributed by atoms with van der Waals surface area (Å²) in [6.45, 7) is 2.48. The minimum atomic E-state index is -3.50. The van der Waals surface area contributed by atoms with Crippen molar-refractivity contribution in [2.24, 2.45) is 12.8 Å². The second-order valence-electron chi connectivity index (χ2n) is 4.93. The lowest BCUT2D eigenvalue weighted by Gasteiger charge is -2.10. The van der Waals surface area contributed by atoms with Gasteiger partial charge in [-0.3, -0.25) is 4.68 Å². The van der Waals surface area contributed by atoms with Crippen LogP contribution in [-0.2, 0) is 30.0 Å². The van der Waals surface area contributed by atoms with Crippen LogP contribution >= 0.6 is 0 Å². The van der Waals surface area contributed by atoms with Crippen LogP contribution in [0.5, 0.6) is 0 Å². The van der Waals surface area contributed by atoms with Gasteiger partial charge in [-0.2, -0.15) is 5.10 Å². The molecule has 0 aliphatic carbocycles. The molecule has 0 spiro atoms. The summed E-state index contributed by atoms with van der Waals surface area (Å²) in [6, 6.07) is 7.00. The van der Waals surface area contributed by atoms with E-state index < -0.39 is 10.0 Å². The van der Waals surface area contributed by atoms with E-state index in [0.717, 1.165) is 11.3 Å². The van der Waals surface area contributed by atoms with Crippen LogP contribution in [-0.4, -0.2) is 24.7 Å². The molecule has 0 fully saturated rings. The molecular weight excluding hydrogens is 288 g/mol. The largest absolute Gasteiger partial charge is 0.326 e. The topological polar surface area (TPSA) is 90.0 Å². The number of aryl methyl sites for hydroxylation is 2. The lowest BCUT2D eigenvalue weighted by Crippen LogP contribution is -2.26. The Labute approximate surface area is 125 Å². The van der Waals surface area contributed by atoms with Gasteiger partial charge in [-0.25, -0.2) is 13.1 Å². The Bertz CT molecular complexity index is 722. The number of rotatable bonds is 6. The smallest absolute Gasteiger partial charge is 0.240 e. The van der Waals surface area contributed by atoms with Gasteiger partial charge in [-0.05, 0) is 30.2 Å². The van der Waals surface area contributed by atoms with Crippen molar-refractivity contribution in [2.45, 2.75) is 24.8 Å². The highest BCUT2D eigenvalue weighted by Gasteiger charge is 2.16. The summed E-state index contributed by atoms with van der Waals surface area (Å²) in [7, 11) is -1.68. The van der Waals surface area contributed by atoms with Crippen LogP contribution in [0, 0.1) is 6.92 Å². The summed E-state index contributed by atoms with van der Waals surface area (Å²) in [5.74, 6) is 0. The molecule has 6 nitrogen and oxygen atoms in total. The fourth-order valence-electron chi connectivity index (χ4n) is 2.13. The first kappa shape index (κ1) is 15.7. The lowest BCUT2D eigenvalue weighted by molar-refractivity contribution is 0.580. The summed E-state index contributed by atoms with van der Waals surface area (Å²) in [4.78, 5) is 0.292. The van der Waals surface area contributed by atoms with Crippen LogP contribution in [0.1, 0.15) is 16.8 Å². The van der Waals surface area contributed by atoms with Crippen molar-refractivity contribution in [3.63, 3.8) is 0 Å². The molecular formula is C14H20N4O2S. The molecule has 0 saturated carbocycles. The Morgan fingerprint density at radius 1 is 1.33 bits per heavy atom. The summed E-state index contributed by atoms with van der Waals surface area (Å²) >= 11 is 0. The van der Waals surface area contributed by atoms with Crippen LogP contribution < -0.4 is 10.5 Å². The molecule has 3 N–H and O–H groups in total. The van der Waals surface area contributed by atoms with Gasteiger partial charge in [-0.15, -0.1) is 0 Å². The normalized spacial score (nSPS) is 11.8. The molecule has 21 heavy (non-hydrogen) atoms. The molecule has 0 radical (unpaired) electrons. The Balaban J connectivity index is 2.04. The van der Waals surface area contributed by atoms with Gasteiger partial charge in [0.25, 0.3) is 0 Å². The molecule has 7 heteroatoms. The van der Waals surface area contributed by atoms with Gasteiger partial charge in [-0.1, -0.05) is 12.1 Å².